The molecule has 0 aromatic carbocycles. The monoisotopic (exact) mass is 211 g/mol. The summed E-state index contributed by atoms with van der Waals surface area (Å²) in [6.07, 6.45) is 1.99. The van der Waals surface area contributed by atoms with Crippen LogP contribution in [0.5, 0.6) is 0 Å². The normalized spacial score (nSPS) is 15.3. The van der Waals surface area contributed by atoms with E-state index < -0.39 is 0 Å². The fourth-order valence-electron chi connectivity index (χ4n) is 1.51. The van der Waals surface area contributed by atoms with E-state index in [1.807, 2.05) is 0 Å². The molecule has 1 aromatic heterocycles. The Kier molecular flexibility index (Phi) is 2.68. The van der Waals surface area contributed by atoms with Gasteiger partial charge in [-0.1, -0.05) is 5.16 Å². The van der Waals surface area contributed by atoms with Gasteiger partial charge in [0.05, 0.1) is 6.61 Å². The molecule has 1 aromatic rings. The Balaban J connectivity index is 2.14. The van der Waals surface area contributed by atoms with Crippen molar-refractivity contribution in [2.24, 2.45) is 0 Å². The molecule has 15 heavy (non-hydrogen) atoms. The SMILES string of the molecule is Cc1nonc1C(=O)N(CCO)C1CC1. The van der Waals surface area contributed by atoms with E-state index >= 15 is 0 Å². The second kappa shape index (κ2) is 3.98. The maximum Gasteiger partial charge on any atom is 0.278 e. The summed E-state index contributed by atoms with van der Waals surface area (Å²) in [7, 11) is 0. The van der Waals surface area contributed by atoms with Crippen molar-refractivity contribution in [1.29, 1.82) is 0 Å². The molecule has 0 saturated heterocycles. The van der Waals surface area contributed by atoms with Crippen LogP contribution in [0.1, 0.15) is 29.0 Å². The lowest BCUT2D eigenvalue weighted by molar-refractivity contribution is 0.0696. The van der Waals surface area contributed by atoms with Gasteiger partial charge in [0.15, 0.2) is 5.69 Å². The minimum absolute atomic E-state index is 0.0352. The molecule has 0 spiro atoms. The van der Waals surface area contributed by atoms with Crippen molar-refractivity contribution in [3.05, 3.63) is 11.4 Å². The highest BCUT2D eigenvalue weighted by molar-refractivity contribution is 5.93. The fourth-order valence-corrected chi connectivity index (χ4v) is 1.51. The quantitative estimate of drug-likeness (QED) is 0.756. The molecule has 6 heteroatoms. The van der Waals surface area contributed by atoms with Crippen molar-refractivity contribution in [1.82, 2.24) is 15.2 Å². The van der Waals surface area contributed by atoms with Gasteiger partial charge in [0.2, 0.25) is 0 Å². The average Bonchev–Trinajstić information content (AvgIpc) is 2.97. The molecule has 0 aliphatic heterocycles. The smallest absolute Gasteiger partial charge is 0.278 e. The number of aromatic nitrogens is 2. The summed E-state index contributed by atoms with van der Waals surface area (Å²) in [5.74, 6) is -0.203. The molecule has 82 valence electrons. The van der Waals surface area contributed by atoms with Crippen LogP contribution < -0.4 is 0 Å². The van der Waals surface area contributed by atoms with Crippen LogP contribution in [0, 0.1) is 6.92 Å². The van der Waals surface area contributed by atoms with E-state index in [1.54, 1.807) is 11.8 Å². The van der Waals surface area contributed by atoms with E-state index in [0.717, 1.165) is 12.8 Å². The highest BCUT2D eigenvalue weighted by atomic mass is 16.6. The first-order valence-electron chi connectivity index (χ1n) is 4.95. The van der Waals surface area contributed by atoms with Crippen molar-refractivity contribution in [3.63, 3.8) is 0 Å². The van der Waals surface area contributed by atoms with Crippen LogP contribution in [0.25, 0.3) is 0 Å². The van der Waals surface area contributed by atoms with E-state index in [4.69, 9.17) is 5.11 Å². The fraction of sp³-hybridized carbons (Fsp3) is 0.667. The Labute approximate surface area is 86.8 Å². The Bertz CT molecular complexity index is 359. The van der Waals surface area contributed by atoms with Gasteiger partial charge in [-0.25, -0.2) is 4.63 Å². The summed E-state index contributed by atoms with van der Waals surface area (Å²) in [5.41, 5.74) is 0.735. The van der Waals surface area contributed by atoms with Gasteiger partial charge < -0.3 is 10.0 Å². The van der Waals surface area contributed by atoms with E-state index in [1.165, 1.54) is 0 Å². The number of hydrogen-bond acceptors (Lipinski definition) is 5. The Morgan fingerprint density at radius 2 is 2.33 bits per heavy atom. The standard InChI is InChI=1S/C9H13N3O3/c1-6-8(11-15-10-6)9(14)12(4-5-13)7-2-3-7/h7,13H,2-5H2,1H3. The summed E-state index contributed by atoms with van der Waals surface area (Å²) in [6.45, 7) is 1.98. The van der Waals surface area contributed by atoms with Crippen LogP contribution in [-0.2, 0) is 0 Å². The molecule has 6 nitrogen and oxygen atoms in total. The molecule has 1 aliphatic rings. The number of hydrogen-bond donors (Lipinski definition) is 1. The van der Waals surface area contributed by atoms with Crippen LogP contribution in [0.15, 0.2) is 4.63 Å². The van der Waals surface area contributed by atoms with Gasteiger partial charge in [-0.2, -0.15) is 0 Å². The molecule has 1 amide bonds. The highest BCUT2D eigenvalue weighted by Crippen LogP contribution is 2.27. The van der Waals surface area contributed by atoms with E-state index in [0.29, 0.717) is 12.2 Å². The van der Waals surface area contributed by atoms with Crippen molar-refractivity contribution < 1.29 is 14.5 Å². The summed E-state index contributed by atoms with van der Waals surface area (Å²) < 4.78 is 4.48. The molecular formula is C9H13N3O3. The lowest BCUT2D eigenvalue weighted by Gasteiger charge is -2.19. The Hall–Kier alpha value is -1.43. The lowest BCUT2D eigenvalue weighted by atomic mass is 10.3. The number of aliphatic hydroxyl groups excluding tert-OH is 1. The van der Waals surface area contributed by atoms with Gasteiger partial charge >= 0.3 is 0 Å². The number of rotatable bonds is 4. The summed E-state index contributed by atoms with van der Waals surface area (Å²) >= 11 is 0. The van der Waals surface area contributed by atoms with Gasteiger partial charge in [0, 0.05) is 12.6 Å². The van der Waals surface area contributed by atoms with Gasteiger partial charge in [0.1, 0.15) is 5.69 Å². The number of carbonyl (C=O) groups excluding carboxylic acids is 1. The largest absolute Gasteiger partial charge is 0.395 e. The summed E-state index contributed by atoms with van der Waals surface area (Å²) in [5, 5.41) is 16.0. The molecule has 0 unspecified atom stereocenters. The molecule has 1 heterocycles. The van der Waals surface area contributed by atoms with E-state index in [2.05, 4.69) is 14.9 Å². The zero-order valence-electron chi connectivity index (χ0n) is 8.51. The van der Waals surface area contributed by atoms with Crippen molar-refractivity contribution in [2.45, 2.75) is 25.8 Å². The average molecular weight is 211 g/mol. The molecule has 0 bridgehead atoms. The first-order chi connectivity index (χ1) is 7.24. The summed E-state index contributed by atoms with van der Waals surface area (Å²) in [4.78, 5) is 13.6. The zero-order chi connectivity index (χ0) is 10.8. The Morgan fingerprint density at radius 1 is 1.60 bits per heavy atom. The van der Waals surface area contributed by atoms with Gasteiger partial charge in [0.25, 0.3) is 5.91 Å². The molecule has 1 aliphatic carbocycles. The third-order valence-corrected chi connectivity index (χ3v) is 2.44. The first kappa shape index (κ1) is 10.1. The molecule has 1 N–H and O–H groups in total. The Morgan fingerprint density at radius 3 is 2.80 bits per heavy atom. The van der Waals surface area contributed by atoms with Gasteiger partial charge in [-0.3, -0.25) is 4.79 Å². The second-order valence-electron chi connectivity index (χ2n) is 3.65. The molecular weight excluding hydrogens is 198 g/mol. The topological polar surface area (TPSA) is 79.5 Å². The van der Waals surface area contributed by atoms with Crippen LogP contribution >= 0.6 is 0 Å². The van der Waals surface area contributed by atoms with Crippen molar-refractivity contribution in [3.8, 4) is 0 Å². The third kappa shape index (κ3) is 1.99. The number of aryl methyl sites for hydroxylation is 1. The summed E-state index contributed by atoms with van der Waals surface area (Å²) in [6, 6.07) is 0.251. The van der Waals surface area contributed by atoms with Crippen LogP contribution in [-0.4, -0.2) is 45.4 Å². The number of nitrogens with zero attached hydrogens (tertiary/aromatic N) is 3. The van der Waals surface area contributed by atoms with Crippen molar-refractivity contribution in [2.75, 3.05) is 13.2 Å². The number of carbonyl (C=O) groups is 1. The molecule has 1 saturated carbocycles. The lowest BCUT2D eigenvalue weighted by Crippen LogP contribution is -2.36. The van der Waals surface area contributed by atoms with Gasteiger partial charge in [-0.05, 0) is 24.9 Å². The predicted molar refractivity (Wildman–Crippen MR) is 50.2 cm³/mol. The predicted octanol–water partition coefficient (Wildman–Crippen LogP) is -0.0251. The molecule has 0 radical (unpaired) electrons. The molecule has 0 atom stereocenters. The number of aliphatic hydroxyl groups is 1. The van der Waals surface area contributed by atoms with E-state index in [-0.39, 0.29) is 24.2 Å². The van der Waals surface area contributed by atoms with Crippen LogP contribution in [0.3, 0.4) is 0 Å². The van der Waals surface area contributed by atoms with Gasteiger partial charge in [-0.15, -0.1) is 0 Å². The van der Waals surface area contributed by atoms with Crippen LogP contribution in [0.4, 0.5) is 0 Å². The first-order valence-corrected chi connectivity index (χ1v) is 4.95. The maximum absolute atomic E-state index is 12.0. The number of amides is 1. The van der Waals surface area contributed by atoms with Crippen LogP contribution in [0.2, 0.25) is 0 Å². The van der Waals surface area contributed by atoms with Crippen molar-refractivity contribution >= 4 is 5.91 Å². The van der Waals surface area contributed by atoms with E-state index in [9.17, 15) is 4.79 Å². The second-order valence-corrected chi connectivity index (χ2v) is 3.65. The minimum Gasteiger partial charge on any atom is -0.395 e. The maximum atomic E-state index is 12.0. The molecule has 1 fully saturated rings. The zero-order valence-corrected chi connectivity index (χ0v) is 8.51. The highest BCUT2D eigenvalue weighted by Gasteiger charge is 2.34. The third-order valence-electron chi connectivity index (χ3n) is 2.44. The minimum atomic E-state index is -0.203. The molecule has 2 rings (SSSR count).